The SMILES string of the molecule is Cc1ccccc1CNC(=O)C1CCN(C(=O)c2cc(-c3ccccn3)n[nH]2)CC1. The molecule has 0 aliphatic carbocycles. The van der Waals surface area contributed by atoms with Crippen LogP contribution < -0.4 is 5.32 Å². The third-order valence-corrected chi connectivity index (χ3v) is 5.60. The minimum atomic E-state index is -0.0940. The molecule has 0 saturated carbocycles. The number of hydrogen-bond donors (Lipinski definition) is 2. The Hall–Kier alpha value is -3.48. The normalized spacial score (nSPS) is 14.5. The lowest BCUT2D eigenvalue weighted by atomic mass is 9.95. The van der Waals surface area contributed by atoms with Gasteiger partial charge >= 0.3 is 0 Å². The van der Waals surface area contributed by atoms with E-state index in [1.165, 1.54) is 5.56 Å². The molecular formula is C23H25N5O2. The summed E-state index contributed by atoms with van der Waals surface area (Å²) < 4.78 is 0. The molecule has 4 rings (SSSR count). The van der Waals surface area contributed by atoms with Crippen molar-refractivity contribution in [3.8, 4) is 11.4 Å². The monoisotopic (exact) mass is 403 g/mol. The Morgan fingerprint density at radius 3 is 2.60 bits per heavy atom. The van der Waals surface area contributed by atoms with Crippen molar-refractivity contribution in [1.29, 1.82) is 0 Å². The van der Waals surface area contributed by atoms with E-state index >= 15 is 0 Å². The highest BCUT2D eigenvalue weighted by molar-refractivity contribution is 5.93. The Labute approximate surface area is 175 Å². The van der Waals surface area contributed by atoms with Gasteiger partial charge < -0.3 is 10.2 Å². The average molecular weight is 403 g/mol. The van der Waals surface area contributed by atoms with Crippen LogP contribution in [0.15, 0.2) is 54.7 Å². The van der Waals surface area contributed by atoms with E-state index in [9.17, 15) is 9.59 Å². The molecule has 3 aromatic rings. The van der Waals surface area contributed by atoms with Crippen LogP contribution in [0, 0.1) is 12.8 Å². The molecule has 1 saturated heterocycles. The molecule has 1 aromatic carbocycles. The minimum Gasteiger partial charge on any atom is -0.352 e. The predicted molar refractivity (Wildman–Crippen MR) is 113 cm³/mol. The Morgan fingerprint density at radius 1 is 1.10 bits per heavy atom. The van der Waals surface area contributed by atoms with Crippen molar-refractivity contribution >= 4 is 11.8 Å². The summed E-state index contributed by atoms with van der Waals surface area (Å²) in [6.07, 6.45) is 3.01. The van der Waals surface area contributed by atoms with Crippen molar-refractivity contribution in [3.05, 3.63) is 71.5 Å². The van der Waals surface area contributed by atoms with E-state index in [4.69, 9.17) is 0 Å². The summed E-state index contributed by atoms with van der Waals surface area (Å²) in [6, 6.07) is 15.3. The quantitative estimate of drug-likeness (QED) is 0.685. The van der Waals surface area contributed by atoms with Crippen LogP contribution >= 0.6 is 0 Å². The number of rotatable bonds is 5. The molecule has 1 aliphatic rings. The van der Waals surface area contributed by atoms with Crippen LogP contribution in [-0.4, -0.2) is 45.0 Å². The highest BCUT2D eigenvalue weighted by Crippen LogP contribution is 2.21. The van der Waals surface area contributed by atoms with Crippen molar-refractivity contribution in [2.45, 2.75) is 26.3 Å². The number of aromatic amines is 1. The van der Waals surface area contributed by atoms with Gasteiger partial charge in [0.25, 0.3) is 5.91 Å². The van der Waals surface area contributed by atoms with Crippen LogP contribution in [0.1, 0.15) is 34.5 Å². The number of hydrogen-bond acceptors (Lipinski definition) is 4. The van der Waals surface area contributed by atoms with E-state index < -0.39 is 0 Å². The molecule has 2 N–H and O–H groups in total. The predicted octanol–water partition coefficient (Wildman–Crippen LogP) is 2.95. The molecule has 7 heteroatoms. The second-order valence-electron chi connectivity index (χ2n) is 7.59. The van der Waals surface area contributed by atoms with Crippen LogP contribution in [-0.2, 0) is 11.3 Å². The smallest absolute Gasteiger partial charge is 0.271 e. The minimum absolute atomic E-state index is 0.0596. The van der Waals surface area contributed by atoms with Gasteiger partial charge in [0.2, 0.25) is 5.91 Å². The molecule has 0 atom stereocenters. The molecule has 0 spiro atoms. The fourth-order valence-corrected chi connectivity index (χ4v) is 3.73. The Kier molecular flexibility index (Phi) is 5.88. The Morgan fingerprint density at radius 2 is 1.87 bits per heavy atom. The summed E-state index contributed by atoms with van der Waals surface area (Å²) in [6.45, 7) is 3.69. The van der Waals surface area contributed by atoms with Crippen molar-refractivity contribution in [2.24, 2.45) is 5.92 Å². The average Bonchev–Trinajstić information content (AvgIpc) is 3.29. The van der Waals surface area contributed by atoms with E-state index in [-0.39, 0.29) is 17.7 Å². The van der Waals surface area contributed by atoms with Gasteiger partial charge in [-0.3, -0.25) is 19.7 Å². The van der Waals surface area contributed by atoms with Gasteiger partial charge in [-0.2, -0.15) is 5.10 Å². The standard InChI is InChI=1S/C23H25N5O2/c1-16-6-2-3-7-18(16)15-25-22(29)17-9-12-28(13-10-17)23(30)21-14-20(26-27-21)19-8-4-5-11-24-19/h2-8,11,14,17H,9-10,12-13,15H2,1H3,(H,25,29)(H,26,27). The molecule has 3 heterocycles. The summed E-state index contributed by atoms with van der Waals surface area (Å²) in [5, 5.41) is 10.1. The molecular weight excluding hydrogens is 378 g/mol. The van der Waals surface area contributed by atoms with Gasteiger partial charge in [0, 0.05) is 31.7 Å². The molecule has 2 aromatic heterocycles. The summed E-state index contributed by atoms with van der Waals surface area (Å²) in [4.78, 5) is 31.4. The number of benzene rings is 1. The summed E-state index contributed by atoms with van der Waals surface area (Å²) >= 11 is 0. The van der Waals surface area contributed by atoms with E-state index in [0.717, 1.165) is 11.3 Å². The van der Waals surface area contributed by atoms with Gasteiger partial charge in [0.15, 0.2) is 0 Å². The number of aryl methyl sites for hydroxylation is 1. The first kappa shape index (κ1) is 19.8. The van der Waals surface area contributed by atoms with Crippen molar-refractivity contribution in [1.82, 2.24) is 25.4 Å². The molecule has 0 radical (unpaired) electrons. The Bertz CT molecular complexity index is 1020. The Balaban J connectivity index is 1.30. The van der Waals surface area contributed by atoms with Gasteiger partial charge in [-0.25, -0.2) is 0 Å². The fraction of sp³-hybridized carbons (Fsp3) is 0.304. The zero-order valence-corrected chi connectivity index (χ0v) is 17.0. The van der Waals surface area contributed by atoms with Crippen LogP contribution in [0.25, 0.3) is 11.4 Å². The third kappa shape index (κ3) is 4.40. The summed E-state index contributed by atoms with van der Waals surface area (Å²) in [5.74, 6) is -0.100. The lowest BCUT2D eigenvalue weighted by Crippen LogP contribution is -2.43. The molecule has 30 heavy (non-hydrogen) atoms. The first-order valence-corrected chi connectivity index (χ1v) is 10.2. The first-order chi connectivity index (χ1) is 14.6. The van der Waals surface area contributed by atoms with Gasteiger partial charge in [0.1, 0.15) is 11.4 Å². The molecule has 7 nitrogen and oxygen atoms in total. The molecule has 0 unspecified atom stereocenters. The van der Waals surface area contributed by atoms with Gasteiger partial charge in [-0.1, -0.05) is 30.3 Å². The van der Waals surface area contributed by atoms with Crippen LogP contribution in [0.2, 0.25) is 0 Å². The molecule has 1 aliphatic heterocycles. The number of carbonyl (C=O) groups excluding carboxylic acids is 2. The highest BCUT2D eigenvalue weighted by Gasteiger charge is 2.28. The largest absolute Gasteiger partial charge is 0.352 e. The number of nitrogens with zero attached hydrogens (tertiary/aromatic N) is 3. The number of carbonyl (C=O) groups is 2. The van der Waals surface area contributed by atoms with Gasteiger partial charge in [0.05, 0.1) is 5.69 Å². The summed E-state index contributed by atoms with van der Waals surface area (Å²) in [7, 11) is 0. The van der Waals surface area contributed by atoms with Crippen molar-refractivity contribution in [3.63, 3.8) is 0 Å². The number of H-pyrrole nitrogens is 1. The van der Waals surface area contributed by atoms with Crippen molar-refractivity contribution < 1.29 is 9.59 Å². The van der Waals surface area contributed by atoms with E-state index in [2.05, 4.69) is 20.5 Å². The molecule has 0 bridgehead atoms. The lowest BCUT2D eigenvalue weighted by molar-refractivity contribution is -0.126. The molecule has 1 fully saturated rings. The van der Waals surface area contributed by atoms with Crippen molar-refractivity contribution in [2.75, 3.05) is 13.1 Å². The van der Waals surface area contributed by atoms with Crippen LogP contribution in [0.4, 0.5) is 0 Å². The lowest BCUT2D eigenvalue weighted by Gasteiger charge is -2.31. The number of aromatic nitrogens is 3. The summed E-state index contributed by atoms with van der Waals surface area (Å²) in [5.41, 5.74) is 4.10. The third-order valence-electron chi connectivity index (χ3n) is 5.60. The zero-order valence-electron chi connectivity index (χ0n) is 17.0. The topological polar surface area (TPSA) is 91.0 Å². The number of pyridine rings is 1. The maximum absolute atomic E-state index is 12.8. The number of likely N-dealkylation sites (tertiary alicyclic amines) is 1. The molecule has 2 amide bonds. The fourth-order valence-electron chi connectivity index (χ4n) is 3.73. The van der Waals surface area contributed by atoms with Gasteiger partial charge in [-0.15, -0.1) is 0 Å². The second kappa shape index (κ2) is 8.90. The van der Waals surface area contributed by atoms with E-state index in [1.807, 2.05) is 49.4 Å². The van der Waals surface area contributed by atoms with Gasteiger partial charge in [-0.05, 0) is 49.1 Å². The number of amides is 2. The maximum atomic E-state index is 12.8. The van der Waals surface area contributed by atoms with Crippen LogP contribution in [0.3, 0.4) is 0 Å². The molecule has 154 valence electrons. The van der Waals surface area contributed by atoms with E-state index in [1.54, 1.807) is 17.2 Å². The van der Waals surface area contributed by atoms with Crippen LogP contribution in [0.5, 0.6) is 0 Å². The number of piperidine rings is 1. The maximum Gasteiger partial charge on any atom is 0.271 e. The second-order valence-corrected chi connectivity index (χ2v) is 7.59. The van der Waals surface area contributed by atoms with E-state index in [0.29, 0.717) is 43.9 Å². The first-order valence-electron chi connectivity index (χ1n) is 10.2. The highest BCUT2D eigenvalue weighted by atomic mass is 16.2. The zero-order chi connectivity index (χ0) is 20.9. The number of nitrogens with one attached hydrogen (secondary N) is 2.